The van der Waals surface area contributed by atoms with Gasteiger partial charge in [-0.3, -0.25) is 14.9 Å². The Morgan fingerprint density at radius 1 is 1.11 bits per heavy atom. The van der Waals surface area contributed by atoms with E-state index in [0.29, 0.717) is 6.42 Å². The molecule has 0 atom stereocenters. The van der Waals surface area contributed by atoms with Gasteiger partial charge in [-0.05, 0) is 37.6 Å². The van der Waals surface area contributed by atoms with E-state index in [4.69, 9.17) is 0 Å². The molecular formula is C22H22N4O2. The average Bonchev–Trinajstić information content (AvgIpc) is 3.01. The van der Waals surface area contributed by atoms with E-state index in [1.165, 1.54) is 11.7 Å². The van der Waals surface area contributed by atoms with Gasteiger partial charge in [-0.25, -0.2) is 0 Å². The van der Waals surface area contributed by atoms with Crippen molar-refractivity contribution in [1.82, 2.24) is 9.88 Å². The first-order valence-electron chi connectivity index (χ1n) is 9.31. The number of aromatic nitrogens is 1. The van der Waals surface area contributed by atoms with Gasteiger partial charge in [0.2, 0.25) is 5.91 Å². The summed E-state index contributed by atoms with van der Waals surface area (Å²) in [5.41, 5.74) is 2.90. The van der Waals surface area contributed by atoms with Crippen LogP contribution < -0.4 is 10.6 Å². The van der Waals surface area contributed by atoms with Crippen molar-refractivity contribution in [3.8, 4) is 6.07 Å². The van der Waals surface area contributed by atoms with Crippen LogP contribution in [0.1, 0.15) is 26.7 Å². The van der Waals surface area contributed by atoms with Gasteiger partial charge in [0.1, 0.15) is 11.6 Å². The number of para-hydroxylation sites is 1. The third kappa shape index (κ3) is 3.74. The van der Waals surface area contributed by atoms with Crippen LogP contribution >= 0.6 is 0 Å². The Hall–Kier alpha value is -3.59. The number of nitriles is 1. The highest BCUT2D eigenvalue weighted by Crippen LogP contribution is 2.30. The SMILES string of the molecule is CCCC(=O)NC(=O)/C(C#N)=C/Nc1ccc2c(c1)c1ccccc1n2CC. The first kappa shape index (κ1) is 19.2. The molecule has 0 aliphatic heterocycles. The molecule has 0 fully saturated rings. The second-order valence-corrected chi connectivity index (χ2v) is 6.43. The number of anilines is 1. The van der Waals surface area contributed by atoms with E-state index in [2.05, 4.69) is 34.3 Å². The van der Waals surface area contributed by atoms with Gasteiger partial charge in [0, 0.05) is 46.7 Å². The number of hydrogen-bond donors (Lipinski definition) is 2. The maximum absolute atomic E-state index is 12.0. The maximum Gasteiger partial charge on any atom is 0.269 e. The van der Waals surface area contributed by atoms with E-state index in [-0.39, 0.29) is 17.9 Å². The summed E-state index contributed by atoms with van der Waals surface area (Å²) in [7, 11) is 0. The highest BCUT2D eigenvalue weighted by atomic mass is 16.2. The summed E-state index contributed by atoms with van der Waals surface area (Å²) in [5.74, 6) is -1.08. The maximum atomic E-state index is 12.0. The van der Waals surface area contributed by atoms with Crippen LogP contribution in [0.2, 0.25) is 0 Å². The number of rotatable bonds is 6. The molecule has 6 heteroatoms. The molecule has 0 unspecified atom stereocenters. The lowest BCUT2D eigenvalue weighted by molar-refractivity contribution is -0.128. The molecule has 6 nitrogen and oxygen atoms in total. The second kappa shape index (κ2) is 8.40. The lowest BCUT2D eigenvalue weighted by atomic mass is 10.1. The summed E-state index contributed by atoms with van der Waals surface area (Å²) < 4.78 is 2.25. The fourth-order valence-corrected chi connectivity index (χ4v) is 3.27. The van der Waals surface area contributed by atoms with E-state index >= 15 is 0 Å². The Balaban J connectivity index is 1.89. The molecule has 1 heterocycles. The lowest BCUT2D eigenvalue weighted by Gasteiger charge is -2.05. The third-order valence-electron chi connectivity index (χ3n) is 4.57. The van der Waals surface area contributed by atoms with Gasteiger partial charge < -0.3 is 9.88 Å². The fraction of sp³-hybridized carbons (Fsp3) is 0.227. The van der Waals surface area contributed by atoms with Crippen molar-refractivity contribution < 1.29 is 9.59 Å². The van der Waals surface area contributed by atoms with Gasteiger partial charge in [0.15, 0.2) is 0 Å². The van der Waals surface area contributed by atoms with Crippen molar-refractivity contribution in [1.29, 1.82) is 5.26 Å². The van der Waals surface area contributed by atoms with Crippen LogP contribution in [0, 0.1) is 11.3 Å². The molecule has 1 aromatic heterocycles. The van der Waals surface area contributed by atoms with Crippen LogP contribution in [0.25, 0.3) is 21.8 Å². The predicted molar refractivity (Wildman–Crippen MR) is 110 cm³/mol. The van der Waals surface area contributed by atoms with Gasteiger partial charge in [-0.15, -0.1) is 0 Å². The molecule has 28 heavy (non-hydrogen) atoms. The highest BCUT2D eigenvalue weighted by Gasteiger charge is 2.13. The van der Waals surface area contributed by atoms with Crippen LogP contribution in [0.4, 0.5) is 5.69 Å². The Labute approximate surface area is 163 Å². The molecule has 0 bridgehead atoms. The summed E-state index contributed by atoms with van der Waals surface area (Å²) in [4.78, 5) is 23.6. The van der Waals surface area contributed by atoms with E-state index in [1.807, 2.05) is 43.3 Å². The van der Waals surface area contributed by atoms with Crippen molar-refractivity contribution >= 4 is 39.3 Å². The Morgan fingerprint density at radius 2 is 1.86 bits per heavy atom. The zero-order valence-corrected chi connectivity index (χ0v) is 16.0. The first-order valence-corrected chi connectivity index (χ1v) is 9.31. The number of imide groups is 1. The quantitative estimate of drug-likeness (QED) is 0.503. The lowest BCUT2D eigenvalue weighted by Crippen LogP contribution is -2.31. The van der Waals surface area contributed by atoms with Crippen molar-refractivity contribution in [3.63, 3.8) is 0 Å². The number of aryl methyl sites for hydroxylation is 1. The van der Waals surface area contributed by atoms with E-state index in [0.717, 1.165) is 28.5 Å². The minimum Gasteiger partial charge on any atom is -0.360 e. The van der Waals surface area contributed by atoms with E-state index in [9.17, 15) is 14.9 Å². The van der Waals surface area contributed by atoms with Crippen LogP contribution in [0.15, 0.2) is 54.2 Å². The molecule has 2 amide bonds. The number of hydrogen-bond acceptors (Lipinski definition) is 4. The fourth-order valence-electron chi connectivity index (χ4n) is 3.27. The summed E-state index contributed by atoms with van der Waals surface area (Å²) in [5, 5.41) is 16.7. The van der Waals surface area contributed by atoms with E-state index in [1.54, 1.807) is 0 Å². The third-order valence-corrected chi connectivity index (χ3v) is 4.57. The molecule has 0 saturated carbocycles. The Morgan fingerprint density at radius 3 is 2.57 bits per heavy atom. The number of nitrogens with one attached hydrogen (secondary N) is 2. The van der Waals surface area contributed by atoms with Crippen molar-refractivity contribution in [2.75, 3.05) is 5.32 Å². The number of benzene rings is 2. The Bertz CT molecular complexity index is 1120. The molecule has 2 N–H and O–H groups in total. The summed E-state index contributed by atoms with van der Waals surface area (Å²) >= 11 is 0. The summed E-state index contributed by atoms with van der Waals surface area (Å²) in [6.07, 6.45) is 2.21. The summed E-state index contributed by atoms with van der Waals surface area (Å²) in [6.45, 7) is 4.82. The van der Waals surface area contributed by atoms with Crippen molar-refractivity contribution in [2.45, 2.75) is 33.2 Å². The standard InChI is InChI=1S/C22H22N4O2/c1-3-7-21(27)25-22(28)15(13-23)14-24-16-10-11-20-18(12-16)17-8-5-6-9-19(17)26(20)4-2/h5-6,8-12,14,24H,3-4,7H2,1-2H3,(H,25,27,28)/b15-14+. The zero-order chi connectivity index (χ0) is 20.1. The molecule has 0 aliphatic rings. The molecule has 3 aromatic rings. The molecule has 3 rings (SSSR count). The number of carbonyl (C=O) groups excluding carboxylic acids is 2. The van der Waals surface area contributed by atoms with Gasteiger partial charge in [-0.2, -0.15) is 5.26 Å². The van der Waals surface area contributed by atoms with Gasteiger partial charge in [-0.1, -0.05) is 25.1 Å². The molecule has 2 aromatic carbocycles. The van der Waals surface area contributed by atoms with Crippen molar-refractivity contribution in [2.24, 2.45) is 0 Å². The van der Waals surface area contributed by atoms with Gasteiger partial charge >= 0.3 is 0 Å². The number of amides is 2. The molecule has 0 aliphatic carbocycles. The Kier molecular flexibility index (Phi) is 5.75. The van der Waals surface area contributed by atoms with Gasteiger partial charge in [0.25, 0.3) is 5.91 Å². The van der Waals surface area contributed by atoms with Gasteiger partial charge in [0.05, 0.1) is 0 Å². The van der Waals surface area contributed by atoms with Crippen LogP contribution in [0.3, 0.4) is 0 Å². The smallest absolute Gasteiger partial charge is 0.269 e. The molecular weight excluding hydrogens is 352 g/mol. The zero-order valence-electron chi connectivity index (χ0n) is 16.0. The first-order chi connectivity index (χ1) is 13.6. The minimum atomic E-state index is -0.697. The van der Waals surface area contributed by atoms with E-state index < -0.39 is 5.91 Å². The van der Waals surface area contributed by atoms with Crippen LogP contribution in [0.5, 0.6) is 0 Å². The van der Waals surface area contributed by atoms with Crippen LogP contribution in [-0.2, 0) is 16.1 Å². The molecule has 142 valence electrons. The molecule has 0 radical (unpaired) electrons. The second-order valence-electron chi connectivity index (χ2n) is 6.43. The number of carbonyl (C=O) groups is 2. The minimum absolute atomic E-state index is 0.152. The topological polar surface area (TPSA) is 86.9 Å². The number of nitrogens with zero attached hydrogens (tertiary/aromatic N) is 2. The monoisotopic (exact) mass is 374 g/mol. The summed E-state index contributed by atoms with van der Waals surface area (Å²) in [6, 6.07) is 15.9. The molecule has 0 saturated heterocycles. The molecule has 0 spiro atoms. The average molecular weight is 374 g/mol. The highest BCUT2D eigenvalue weighted by molar-refractivity contribution is 6.09. The largest absolute Gasteiger partial charge is 0.360 e. The normalized spacial score (nSPS) is 11.4. The predicted octanol–water partition coefficient (Wildman–Crippen LogP) is 4.08. The van der Waals surface area contributed by atoms with Crippen LogP contribution in [-0.4, -0.2) is 16.4 Å². The number of fused-ring (bicyclic) bond motifs is 3. The van der Waals surface area contributed by atoms with Crippen molar-refractivity contribution in [3.05, 3.63) is 54.2 Å².